The first-order chi connectivity index (χ1) is 15.4. The predicted octanol–water partition coefficient (Wildman–Crippen LogP) is 6.06. The van der Waals surface area contributed by atoms with Crippen molar-refractivity contribution in [2.45, 2.75) is 66.0 Å². The Kier molecular flexibility index (Phi) is 5.70. The van der Waals surface area contributed by atoms with Crippen molar-refractivity contribution in [3.8, 4) is 10.6 Å². The molecule has 0 saturated heterocycles. The Morgan fingerprint density at radius 2 is 2.00 bits per heavy atom. The predicted molar refractivity (Wildman–Crippen MR) is 131 cm³/mol. The molecule has 168 valence electrons. The molecule has 0 aliphatic heterocycles. The fraction of sp³-hybridized carbons (Fsp3) is 0.481. The monoisotopic (exact) mass is 447 g/mol. The maximum absolute atomic E-state index is 13.5. The Labute approximate surface area is 195 Å². The number of fused-ring (bicyclic) bond motifs is 3. The summed E-state index contributed by atoms with van der Waals surface area (Å²) in [4.78, 5) is 14.8. The summed E-state index contributed by atoms with van der Waals surface area (Å²) < 4.78 is 2.06. The molecule has 0 bridgehead atoms. The van der Waals surface area contributed by atoms with E-state index in [1.165, 1.54) is 34.4 Å². The van der Waals surface area contributed by atoms with E-state index in [1.807, 2.05) is 0 Å². The van der Waals surface area contributed by atoms with Gasteiger partial charge in [0.25, 0.3) is 5.91 Å². The molecule has 1 fully saturated rings. The van der Waals surface area contributed by atoms with Crippen LogP contribution >= 0.6 is 11.3 Å². The highest BCUT2D eigenvalue weighted by molar-refractivity contribution is 7.13. The fourth-order valence-corrected chi connectivity index (χ4v) is 6.56. The molecule has 2 aliphatic carbocycles. The molecular weight excluding hydrogens is 414 g/mol. The second kappa shape index (κ2) is 8.51. The number of hydrogen-bond acceptors (Lipinski definition) is 3. The maximum atomic E-state index is 13.5. The summed E-state index contributed by atoms with van der Waals surface area (Å²) in [6.07, 6.45) is 4.32. The number of aryl methyl sites for hydroxylation is 1. The SMILES string of the molecule is Cc1ccc(Cn2nc(C(=O)NC3CC(C)CCC3C(C)C)c3c2-c2sccc2C3)cc1. The topological polar surface area (TPSA) is 46.9 Å². The van der Waals surface area contributed by atoms with Gasteiger partial charge in [-0.2, -0.15) is 5.10 Å². The number of aromatic nitrogens is 2. The summed E-state index contributed by atoms with van der Waals surface area (Å²) in [5.74, 6) is 1.78. The lowest BCUT2D eigenvalue weighted by Crippen LogP contribution is -2.45. The third-order valence-corrected chi connectivity index (χ3v) is 8.35. The van der Waals surface area contributed by atoms with Gasteiger partial charge in [-0.05, 0) is 60.1 Å². The fourth-order valence-electron chi connectivity index (χ4n) is 5.56. The molecule has 3 atom stereocenters. The van der Waals surface area contributed by atoms with Gasteiger partial charge in [0, 0.05) is 18.0 Å². The van der Waals surface area contributed by atoms with E-state index in [4.69, 9.17) is 5.10 Å². The Hall–Kier alpha value is -2.40. The number of benzene rings is 1. The molecule has 3 aromatic rings. The van der Waals surface area contributed by atoms with E-state index < -0.39 is 0 Å². The van der Waals surface area contributed by atoms with Crippen molar-refractivity contribution in [2.24, 2.45) is 17.8 Å². The van der Waals surface area contributed by atoms with Crippen LogP contribution in [-0.2, 0) is 13.0 Å². The van der Waals surface area contributed by atoms with Gasteiger partial charge in [0.2, 0.25) is 0 Å². The van der Waals surface area contributed by atoms with Crippen LogP contribution in [0.25, 0.3) is 10.6 Å². The average Bonchev–Trinajstić information content (AvgIpc) is 3.42. The van der Waals surface area contributed by atoms with Gasteiger partial charge < -0.3 is 5.32 Å². The van der Waals surface area contributed by atoms with Gasteiger partial charge in [0.15, 0.2) is 5.69 Å². The summed E-state index contributed by atoms with van der Waals surface area (Å²) in [6.45, 7) is 9.66. The van der Waals surface area contributed by atoms with Gasteiger partial charge in [0.05, 0.1) is 17.1 Å². The van der Waals surface area contributed by atoms with Gasteiger partial charge in [-0.1, -0.05) is 57.0 Å². The average molecular weight is 448 g/mol. The van der Waals surface area contributed by atoms with Crippen molar-refractivity contribution >= 4 is 17.2 Å². The molecule has 0 radical (unpaired) electrons. The molecule has 3 unspecified atom stereocenters. The Balaban J connectivity index is 1.46. The third-order valence-electron chi connectivity index (χ3n) is 7.39. The van der Waals surface area contributed by atoms with Crippen LogP contribution < -0.4 is 5.32 Å². The van der Waals surface area contributed by atoms with E-state index in [2.05, 4.69) is 73.4 Å². The van der Waals surface area contributed by atoms with Crippen molar-refractivity contribution in [1.82, 2.24) is 15.1 Å². The summed E-state index contributed by atoms with van der Waals surface area (Å²) in [6, 6.07) is 11.0. The molecule has 2 aromatic heterocycles. The zero-order valence-corrected chi connectivity index (χ0v) is 20.3. The quantitative estimate of drug-likeness (QED) is 0.404. The summed E-state index contributed by atoms with van der Waals surface area (Å²) >= 11 is 1.75. The normalized spacial score (nSPS) is 22.1. The highest BCUT2D eigenvalue weighted by Crippen LogP contribution is 2.42. The zero-order chi connectivity index (χ0) is 22.4. The van der Waals surface area contributed by atoms with Crippen LogP contribution in [-0.4, -0.2) is 21.7 Å². The van der Waals surface area contributed by atoms with E-state index in [1.54, 1.807) is 11.3 Å². The summed E-state index contributed by atoms with van der Waals surface area (Å²) in [5.41, 5.74) is 6.64. The molecule has 1 N–H and O–H groups in total. The molecule has 5 rings (SSSR count). The van der Waals surface area contributed by atoms with E-state index in [0.29, 0.717) is 30.0 Å². The molecule has 32 heavy (non-hydrogen) atoms. The molecule has 0 spiro atoms. The summed E-state index contributed by atoms with van der Waals surface area (Å²) in [5, 5.41) is 10.5. The number of amides is 1. The molecule has 5 heteroatoms. The smallest absolute Gasteiger partial charge is 0.272 e. The number of nitrogens with one attached hydrogen (secondary N) is 1. The van der Waals surface area contributed by atoms with Gasteiger partial charge in [-0.3, -0.25) is 9.48 Å². The Morgan fingerprint density at radius 3 is 2.75 bits per heavy atom. The molecule has 2 aliphatic rings. The molecule has 1 aromatic carbocycles. The van der Waals surface area contributed by atoms with Crippen LogP contribution in [0.5, 0.6) is 0 Å². The Bertz CT molecular complexity index is 1120. The van der Waals surface area contributed by atoms with Crippen LogP contribution in [0.15, 0.2) is 35.7 Å². The number of nitrogens with zero attached hydrogens (tertiary/aromatic N) is 2. The first-order valence-corrected chi connectivity index (χ1v) is 12.8. The number of carbonyl (C=O) groups is 1. The lowest BCUT2D eigenvalue weighted by atomic mass is 9.74. The van der Waals surface area contributed by atoms with Crippen LogP contribution in [0.3, 0.4) is 0 Å². The van der Waals surface area contributed by atoms with Crippen LogP contribution in [0.4, 0.5) is 0 Å². The van der Waals surface area contributed by atoms with Crippen molar-refractivity contribution in [1.29, 1.82) is 0 Å². The molecule has 2 heterocycles. The lowest BCUT2D eigenvalue weighted by Gasteiger charge is -2.37. The summed E-state index contributed by atoms with van der Waals surface area (Å²) in [7, 11) is 0. The van der Waals surface area contributed by atoms with E-state index >= 15 is 0 Å². The minimum Gasteiger partial charge on any atom is -0.348 e. The van der Waals surface area contributed by atoms with Crippen LogP contribution in [0.2, 0.25) is 0 Å². The number of thiophene rings is 1. The molecule has 4 nitrogen and oxygen atoms in total. The standard InChI is InChI=1S/C27H33N3OS/c1-16(2)21-10-7-18(4)13-23(21)28-27(31)24-22-14-20-11-12-32-26(20)25(22)30(29-24)15-19-8-5-17(3)6-9-19/h5-6,8-9,11-12,16,18,21,23H,7,10,13-15H2,1-4H3,(H,28,31). The largest absolute Gasteiger partial charge is 0.348 e. The lowest BCUT2D eigenvalue weighted by molar-refractivity contribution is 0.0861. The number of rotatable bonds is 5. The minimum absolute atomic E-state index is 0.00353. The van der Waals surface area contributed by atoms with Crippen molar-refractivity contribution in [2.75, 3.05) is 0 Å². The zero-order valence-electron chi connectivity index (χ0n) is 19.5. The van der Waals surface area contributed by atoms with Gasteiger partial charge in [0.1, 0.15) is 0 Å². The van der Waals surface area contributed by atoms with Crippen molar-refractivity contribution in [3.05, 3.63) is 63.7 Å². The van der Waals surface area contributed by atoms with E-state index in [-0.39, 0.29) is 11.9 Å². The first kappa shape index (κ1) is 21.4. The van der Waals surface area contributed by atoms with Crippen molar-refractivity contribution < 1.29 is 4.79 Å². The maximum Gasteiger partial charge on any atom is 0.272 e. The molecular formula is C27H33N3OS. The van der Waals surface area contributed by atoms with Gasteiger partial charge in [-0.25, -0.2) is 0 Å². The second-order valence-electron chi connectivity index (χ2n) is 10.2. The molecule has 1 amide bonds. The van der Waals surface area contributed by atoms with Crippen LogP contribution in [0, 0.1) is 24.7 Å². The highest BCUT2D eigenvalue weighted by Gasteiger charge is 2.35. The van der Waals surface area contributed by atoms with Gasteiger partial charge in [-0.15, -0.1) is 11.3 Å². The number of hydrogen-bond donors (Lipinski definition) is 1. The molecule has 1 saturated carbocycles. The van der Waals surface area contributed by atoms with Gasteiger partial charge >= 0.3 is 0 Å². The van der Waals surface area contributed by atoms with E-state index in [9.17, 15) is 4.79 Å². The second-order valence-corrected chi connectivity index (χ2v) is 11.1. The van der Waals surface area contributed by atoms with Crippen LogP contribution in [0.1, 0.15) is 72.8 Å². The minimum atomic E-state index is 0.00353. The third kappa shape index (κ3) is 3.92. The highest BCUT2D eigenvalue weighted by atomic mass is 32.1. The number of carbonyl (C=O) groups excluding carboxylic acids is 1. The first-order valence-electron chi connectivity index (χ1n) is 11.9. The van der Waals surface area contributed by atoms with E-state index in [0.717, 1.165) is 24.1 Å². The Morgan fingerprint density at radius 1 is 1.22 bits per heavy atom. The van der Waals surface area contributed by atoms with Crippen molar-refractivity contribution in [3.63, 3.8) is 0 Å².